The highest BCUT2D eigenvalue weighted by molar-refractivity contribution is 8.14. The van der Waals surface area contributed by atoms with E-state index in [4.69, 9.17) is 4.99 Å². The monoisotopic (exact) mass is 461 g/mol. The highest BCUT2D eigenvalue weighted by Crippen LogP contribution is 2.57. The van der Waals surface area contributed by atoms with Gasteiger partial charge in [-0.25, -0.2) is 0 Å². The number of nitrogens with one attached hydrogen (secondary N) is 1. The number of amidine groups is 1. The van der Waals surface area contributed by atoms with Crippen molar-refractivity contribution in [2.75, 3.05) is 11.1 Å². The SMILES string of the molecule is Cc1ccc(NC(=O)CC2CSC(=NC34CC5CC(CC(C5)C3)C4)N2C(C)C)cc1.Cl. The van der Waals surface area contributed by atoms with E-state index in [0.717, 1.165) is 29.2 Å². The van der Waals surface area contributed by atoms with E-state index in [1.54, 1.807) is 0 Å². The van der Waals surface area contributed by atoms with Crippen LogP contribution in [0.25, 0.3) is 0 Å². The van der Waals surface area contributed by atoms with E-state index in [9.17, 15) is 4.79 Å². The molecular weight excluding hydrogens is 426 g/mol. The highest BCUT2D eigenvalue weighted by atomic mass is 35.5. The number of aliphatic imine (C=N–C) groups is 1. The largest absolute Gasteiger partial charge is 0.345 e. The third kappa shape index (κ3) is 4.78. The fourth-order valence-electron chi connectivity index (χ4n) is 6.84. The molecule has 170 valence electrons. The van der Waals surface area contributed by atoms with Crippen LogP contribution in [0.2, 0.25) is 0 Å². The molecule has 1 unspecified atom stereocenters. The first-order valence-corrected chi connectivity index (χ1v) is 12.8. The maximum atomic E-state index is 12.8. The van der Waals surface area contributed by atoms with Gasteiger partial charge >= 0.3 is 0 Å². The highest BCUT2D eigenvalue weighted by Gasteiger charge is 2.51. The summed E-state index contributed by atoms with van der Waals surface area (Å²) in [6, 6.07) is 8.64. The third-order valence-corrected chi connectivity index (χ3v) is 8.78. The molecule has 4 nitrogen and oxygen atoms in total. The smallest absolute Gasteiger partial charge is 0.226 e. The average Bonchev–Trinajstić information content (AvgIpc) is 3.04. The van der Waals surface area contributed by atoms with Crippen LogP contribution in [0.3, 0.4) is 0 Å². The van der Waals surface area contributed by atoms with E-state index in [0.29, 0.717) is 12.5 Å². The number of rotatable bonds is 5. The van der Waals surface area contributed by atoms with Gasteiger partial charge in [0.2, 0.25) is 5.91 Å². The van der Waals surface area contributed by atoms with Gasteiger partial charge in [-0.1, -0.05) is 29.5 Å². The van der Waals surface area contributed by atoms with Gasteiger partial charge in [0.15, 0.2) is 5.17 Å². The molecule has 0 aromatic heterocycles. The first-order chi connectivity index (χ1) is 14.4. The molecule has 5 fully saturated rings. The zero-order valence-corrected chi connectivity index (χ0v) is 20.6. The first kappa shape index (κ1) is 23.0. The van der Waals surface area contributed by atoms with Gasteiger partial charge in [0, 0.05) is 29.9 Å². The second-order valence-corrected chi connectivity index (χ2v) is 11.6. The van der Waals surface area contributed by atoms with E-state index in [2.05, 4.69) is 31.0 Å². The van der Waals surface area contributed by atoms with Crippen molar-refractivity contribution in [3.05, 3.63) is 29.8 Å². The van der Waals surface area contributed by atoms with Crippen molar-refractivity contribution in [1.82, 2.24) is 4.90 Å². The van der Waals surface area contributed by atoms with Crippen LogP contribution >= 0.6 is 24.2 Å². The Morgan fingerprint density at radius 1 is 1.13 bits per heavy atom. The molecule has 1 N–H and O–H groups in total. The lowest BCUT2D eigenvalue weighted by Gasteiger charge is -2.55. The third-order valence-electron chi connectivity index (χ3n) is 7.67. The number of hydrogen-bond donors (Lipinski definition) is 1. The molecule has 1 amide bonds. The van der Waals surface area contributed by atoms with Gasteiger partial charge in [0.05, 0.1) is 5.54 Å². The Kier molecular flexibility index (Phi) is 6.65. The summed E-state index contributed by atoms with van der Waals surface area (Å²) in [5, 5.41) is 4.29. The van der Waals surface area contributed by atoms with Gasteiger partial charge in [-0.2, -0.15) is 0 Å². The number of carbonyl (C=O) groups is 1. The van der Waals surface area contributed by atoms with Crippen molar-refractivity contribution in [3.63, 3.8) is 0 Å². The minimum absolute atomic E-state index is 0. The second-order valence-electron chi connectivity index (χ2n) is 10.6. The van der Waals surface area contributed by atoms with Crippen molar-refractivity contribution >= 4 is 40.9 Å². The van der Waals surface area contributed by atoms with E-state index in [1.807, 2.05) is 36.0 Å². The Morgan fingerprint density at radius 2 is 1.71 bits per heavy atom. The maximum absolute atomic E-state index is 12.8. The lowest BCUT2D eigenvalue weighted by atomic mass is 9.53. The van der Waals surface area contributed by atoms with Gasteiger partial charge in [-0.3, -0.25) is 9.79 Å². The van der Waals surface area contributed by atoms with Crippen LogP contribution in [-0.2, 0) is 4.79 Å². The van der Waals surface area contributed by atoms with Crippen molar-refractivity contribution < 1.29 is 4.79 Å². The molecule has 4 saturated carbocycles. The zero-order chi connectivity index (χ0) is 20.9. The van der Waals surface area contributed by atoms with Crippen molar-refractivity contribution in [2.24, 2.45) is 22.7 Å². The summed E-state index contributed by atoms with van der Waals surface area (Å²) in [6.45, 7) is 6.55. The minimum Gasteiger partial charge on any atom is -0.345 e. The van der Waals surface area contributed by atoms with E-state index >= 15 is 0 Å². The summed E-state index contributed by atoms with van der Waals surface area (Å²) in [6.07, 6.45) is 8.78. The zero-order valence-electron chi connectivity index (χ0n) is 19.0. The predicted molar refractivity (Wildman–Crippen MR) is 133 cm³/mol. The van der Waals surface area contributed by atoms with Crippen molar-refractivity contribution in [3.8, 4) is 0 Å². The lowest BCUT2D eigenvalue weighted by Crippen LogP contribution is -2.50. The Labute approximate surface area is 197 Å². The fraction of sp³-hybridized carbons (Fsp3) is 0.680. The molecule has 1 atom stereocenters. The summed E-state index contributed by atoms with van der Waals surface area (Å²) in [5.41, 5.74) is 2.29. The van der Waals surface area contributed by atoms with Crippen molar-refractivity contribution in [2.45, 2.75) is 83.3 Å². The summed E-state index contributed by atoms with van der Waals surface area (Å²) in [4.78, 5) is 20.7. The summed E-state index contributed by atoms with van der Waals surface area (Å²) in [7, 11) is 0. The maximum Gasteiger partial charge on any atom is 0.226 e. The molecule has 1 saturated heterocycles. The van der Waals surface area contributed by atoms with Crippen LogP contribution < -0.4 is 5.32 Å². The predicted octanol–water partition coefficient (Wildman–Crippen LogP) is 5.90. The van der Waals surface area contributed by atoms with Gasteiger partial charge in [-0.15, -0.1) is 12.4 Å². The molecule has 6 rings (SSSR count). The number of benzene rings is 1. The molecule has 5 aliphatic rings. The number of thioether (sulfide) groups is 1. The Balaban J connectivity index is 0.00000231. The van der Waals surface area contributed by atoms with Crippen LogP contribution in [0.15, 0.2) is 29.3 Å². The molecule has 4 bridgehead atoms. The van der Waals surface area contributed by atoms with E-state index in [1.165, 1.54) is 49.3 Å². The molecule has 31 heavy (non-hydrogen) atoms. The topological polar surface area (TPSA) is 44.7 Å². The summed E-state index contributed by atoms with van der Waals surface area (Å²) < 4.78 is 0. The Hall–Kier alpha value is -1.20. The van der Waals surface area contributed by atoms with E-state index in [-0.39, 0.29) is 29.9 Å². The van der Waals surface area contributed by atoms with Crippen LogP contribution in [0.1, 0.15) is 64.4 Å². The lowest BCUT2D eigenvalue weighted by molar-refractivity contribution is -0.117. The molecular formula is C25H36ClN3OS. The fourth-order valence-corrected chi connectivity index (χ4v) is 8.23. The number of anilines is 1. The summed E-state index contributed by atoms with van der Waals surface area (Å²) >= 11 is 1.88. The first-order valence-electron chi connectivity index (χ1n) is 11.8. The van der Waals surface area contributed by atoms with Gasteiger partial charge in [-0.05, 0) is 89.2 Å². The molecule has 0 radical (unpaired) electrons. The minimum atomic E-state index is 0. The number of nitrogens with zero attached hydrogens (tertiary/aromatic N) is 2. The van der Waals surface area contributed by atoms with Crippen LogP contribution in [0.4, 0.5) is 5.69 Å². The quantitative estimate of drug-likeness (QED) is 0.594. The van der Waals surface area contributed by atoms with E-state index < -0.39 is 0 Å². The van der Waals surface area contributed by atoms with Gasteiger partial charge in [0.25, 0.3) is 0 Å². The normalized spacial score (nSPS) is 35.0. The molecule has 1 aliphatic heterocycles. The number of halogens is 1. The van der Waals surface area contributed by atoms with Crippen molar-refractivity contribution in [1.29, 1.82) is 0 Å². The second kappa shape index (κ2) is 8.97. The number of aryl methyl sites for hydroxylation is 1. The molecule has 1 aromatic rings. The van der Waals surface area contributed by atoms with Gasteiger partial charge < -0.3 is 10.2 Å². The number of hydrogen-bond acceptors (Lipinski definition) is 3. The number of amides is 1. The summed E-state index contributed by atoms with van der Waals surface area (Å²) in [5.74, 6) is 3.80. The molecule has 6 heteroatoms. The number of carbonyl (C=O) groups excluding carboxylic acids is 1. The Morgan fingerprint density at radius 3 is 2.26 bits per heavy atom. The Bertz CT molecular complexity index is 802. The molecule has 1 aromatic carbocycles. The average molecular weight is 462 g/mol. The van der Waals surface area contributed by atoms with Crippen LogP contribution in [-0.4, -0.2) is 39.4 Å². The molecule has 0 spiro atoms. The standard InChI is InChI=1S/C25H35N3OS.ClH/c1-16(2)28-22(11-23(29)26-21-6-4-17(3)5-7-21)15-30-24(28)27-25-12-18-8-19(13-25)10-20(9-18)14-25;/h4-7,16,18-20,22H,8-15H2,1-3H3,(H,26,29);1H. The van der Waals surface area contributed by atoms with Crippen LogP contribution in [0.5, 0.6) is 0 Å². The molecule has 4 aliphatic carbocycles. The van der Waals surface area contributed by atoms with Crippen LogP contribution in [0, 0.1) is 24.7 Å². The molecule has 1 heterocycles. The van der Waals surface area contributed by atoms with Gasteiger partial charge in [0.1, 0.15) is 0 Å².